The van der Waals surface area contributed by atoms with E-state index in [9.17, 15) is 9.18 Å². The first kappa shape index (κ1) is 11.1. The molecule has 0 spiro atoms. The molecule has 0 aliphatic rings. The van der Waals surface area contributed by atoms with Gasteiger partial charge in [0.05, 0.1) is 5.92 Å². The summed E-state index contributed by atoms with van der Waals surface area (Å²) in [6.45, 7) is -0.0504. The molecule has 0 aliphatic heterocycles. The number of carbonyl (C=O) groups is 1. The Morgan fingerprint density at radius 3 is 2.64 bits per heavy atom. The largest absolute Gasteiger partial charge is 0.481 e. The molecule has 0 bridgehead atoms. The Morgan fingerprint density at radius 2 is 2.21 bits per heavy atom. The van der Waals surface area contributed by atoms with Gasteiger partial charge in [-0.1, -0.05) is 15.9 Å². The molecule has 1 unspecified atom stereocenters. The number of hydrogen-bond donors (Lipinski definition) is 2. The number of nitrogens with two attached hydrogens (primary N) is 1. The highest BCUT2D eigenvalue weighted by atomic mass is 79.9. The maximum Gasteiger partial charge on any atom is 0.312 e. The molecule has 76 valence electrons. The van der Waals surface area contributed by atoms with Crippen LogP contribution < -0.4 is 5.73 Å². The van der Waals surface area contributed by atoms with E-state index in [-0.39, 0.29) is 6.54 Å². The van der Waals surface area contributed by atoms with Gasteiger partial charge in [-0.3, -0.25) is 4.79 Å². The van der Waals surface area contributed by atoms with Crippen LogP contribution in [0, 0.1) is 5.82 Å². The summed E-state index contributed by atoms with van der Waals surface area (Å²) in [4.78, 5) is 10.7. The molecule has 5 heteroatoms. The van der Waals surface area contributed by atoms with Crippen LogP contribution in [0.2, 0.25) is 0 Å². The van der Waals surface area contributed by atoms with Crippen molar-refractivity contribution in [1.82, 2.24) is 0 Å². The van der Waals surface area contributed by atoms with Crippen molar-refractivity contribution in [3.8, 4) is 0 Å². The van der Waals surface area contributed by atoms with Crippen molar-refractivity contribution < 1.29 is 14.3 Å². The molecule has 0 aliphatic carbocycles. The van der Waals surface area contributed by atoms with Crippen molar-refractivity contribution >= 4 is 21.9 Å². The Balaban J connectivity index is 3.10. The lowest BCUT2D eigenvalue weighted by Crippen LogP contribution is -2.21. The van der Waals surface area contributed by atoms with Gasteiger partial charge in [-0.05, 0) is 23.8 Å². The fourth-order valence-electron chi connectivity index (χ4n) is 1.16. The highest BCUT2D eigenvalue weighted by Gasteiger charge is 2.18. The quantitative estimate of drug-likeness (QED) is 0.871. The number of carboxylic acids is 1. The maximum atomic E-state index is 12.9. The monoisotopic (exact) mass is 261 g/mol. The van der Waals surface area contributed by atoms with E-state index in [2.05, 4.69) is 15.9 Å². The zero-order chi connectivity index (χ0) is 10.7. The maximum absolute atomic E-state index is 12.9. The Bertz CT molecular complexity index is 336. The molecule has 1 atom stereocenters. The standard InChI is InChI=1S/C9H9BrFNO2/c10-6-1-5(2-7(11)3-6)8(4-12)9(13)14/h1-3,8H,4,12H2,(H,13,14). The second-order valence-electron chi connectivity index (χ2n) is 2.83. The van der Waals surface area contributed by atoms with Gasteiger partial charge in [0.1, 0.15) is 5.82 Å². The molecule has 1 aromatic carbocycles. The second-order valence-corrected chi connectivity index (χ2v) is 3.74. The Kier molecular flexibility index (Phi) is 3.60. The van der Waals surface area contributed by atoms with Gasteiger partial charge in [0, 0.05) is 11.0 Å². The molecule has 1 rings (SSSR count). The Hall–Kier alpha value is -0.940. The fourth-order valence-corrected chi connectivity index (χ4v) is 1.64. The van der Waals surface area contributed by atoms with E-state index in [0.29, 0.717) is 10.0 Å². The zero-order valence-electron chi connectivity index (χ0n) is 7.21. The van der Waals surface area contributed by atoms with E-state index in [4.69, 9.17) is 10.8 Å². The summed E-state index contributed by atoms with van der Waals surface area (Å²) < 4.78 is 13.4. The highest BCUT2D eigenvalue weighted by molar-refractivity contribution is 9.10. The van der Waals surface area contributed by atoms with E-state index in [0.717, 1.165) is 0 Å². The minimum atomic E-state index is -1.05. The predicted octanol–water partition coefficient (Wildman–Crippen LogP) is 1.72. The third-order valence-corrected chi connectivity index (χ3v) is 2.28. The summed E-state index contributed by atoms with van der Waals surface area (Å²) in [5.41, 5.74) is 5.65. The van der Waals surface area contributed by atoms with Crippen molar-refractivity contribution in [2.24, 2.45) is 5.73 Å². The topological polar surface area (TPSA) is 63.3 Å². The van der Waals surface area contributed by atoms with Crippen LogP contribution in [-0.2, 0) is 4.79 Å². The molecule has 0 saturated heterocycles. The smallest absolute Gasteiger partial charge is 0.312 e. The van der Waals surface area contributed by atoms with Crippen molar-refractivity contribution in [3.63, 3.8) is 0 Å². The lowest BCUT2D eigenvalue weighted by molar-refractivity contribution is -0.138. The van der Waals surface area contributed by atoms with E-state index in [1.165, 1.54) is 12.1 Å². The first-order valence-corrected chi connectivity index (χ1v) is 4.72. The Morgan fingerprint density at radius 1 is 1.57 bits per heavy atom. The molecular formula is C9H9BrFNO2. The molecule has 0 aromatic heterocycles. The van der Waals surface area contributed by atoms with Crippen LogP contribution in [0.5, 0.6) is 0 Å². The number of aliphatic carboxylic acids is 1. The van der Waals surface area contributed by atoms with Crippen LogP contribution in [0.1, 0.15) is 11.5 Å². The summed E-state index contributed by atoms with van der Waals surface area (Å²) >= 11 is 3.09. The van der Waals surface area contributed by atoms with Crippen LogP contribution >= 0.6 is 15.9 Å². The number of halogens is 2. The van der Waals surface area contributed by atoms with Gasteiger partial charge in [-0.25, -0.2) is 4.39 Å². The van der Waals surface area contributed by atoms with Crippen LogP contribution in [0.15, 0.2) is 22.7 Å². The first-order valence-electron chi connectivity index (χ1n) is 3.93. The van der Waals surface area contributed by atoms with E-state index >= 15 is 0 Å². The first-order chi connectivity index (χ1) is 6.54. The molecule has 0 saturated carbocycles. The van der Waals surface area contributed by atoms with E-state index in [1.54, 1.807) is 6.07 Å². The number of benzene rings is 1. The summed E-state index contributed by atoms with van der Waals surface area (Å²) in [5.74, 6) is -2.39. The molecule has 0 radical (unpaired) electrons. The summed E-state index contributed by atoms with van der Waals surface area (Å²) in [6, 6.07) is 3.99. The third-order valence-electron chi connectivity index (χ3n) is 1.82. The molecule has 3 nitrogen and oxygen atoms in total. The summed E-state index contributed by atoms with van der Waals surface area (Å²) in [6.07, 6.45) is 0. The van der Waals surface area contributed by atoms with E-state index < -0.39 is 17.7 Å². The van der Waals surface area contributed by atoms with Crippen molar-refractivity contribution in [2.45, 2.75) is 5.92 Å². The average molecular weight is 262 g/mol. The molecular weight excluding hydrogens is 253 g/mol. The van der Waals surface area contributed by atoms with Crippen molar-refractivity contribution in [1.29, 1.82) is 0 Å². The van der Waals surface area contributed by atoms with Crippen molar-refractivity contribution in [3.05, 3.63) is 34.1 Å². The van der Waals surface area contributed by atoms with Gasteiger partial charge in [-0.2, -0.15) is 0 Å². The van der Waals surface area contributed by atoms with Gasteiger partial charge in [0.2, 0.25) is 0 Å². The molecule has 0 heterocycles. The molecule has 0 amide bonds. The number of rotatable bonds is 3. The molecule has 0 fully saturated rings. The minimum absolute atomic E-state index is 0.0504. The zero-order valence-corrected chi connectivity index (χ0v) is 8.79. The highest BCUT2D eigenvalue weighted by Crippen LogP contribution is 2.21. The van der Waals surface area contributed by atoms with Gasteiger partial charge in [0.25, 0.3) is 0 Å². The van der Waals surface area contributed by atoms with Gasteiger partial charge in [0.15, 0.2) is 0 Å². The SMILES string of the molecule is NCC(C(=O)O)c1cc(F)cc(Br)c1. The predicted molar refractivity (Wildman–Crippen MR) is 53.5 cm³/mol. The van der Waals surface area contributed by atoms with Gasteiger partial charge < -0.3 is 10.8 Å². The number of carboxylic acid groups (broad SMARTS) is 1. The Labute approximate surface area is 88.9 Å². The fraction of sp³-hybridized carbons (Fsp3) is 0.222. The van der Waals surface area contributed by atoms with Crippen LogP contribution in [0.4, 0.5) is 4.39 Å². The average Bonchev–Trinajstić information content (AvgIpc) is 2.02. The van der Waals surface area contributed by atoms with Crippen LogP contribution in [0.25, 0.3) is 0 Å². The number of hydrogen-bond acceptors (Lipinski definition) is 2. The van der Waals surface area contributed by atoms with Crippen LogP contribution in [-0.4, -0.2) is 17.6 Å². The normalized spacial score (nSPS) is 12.5. The van der Waals surface area contributed by atoms with Gasteiger partial charge in [-0.15, -0.1) is 0 Å². The molecule has 14 heavy (non-hydrogen) atoms. The third kappa shape index (κ3) is 2.52. The second kappa shape index (κ2) is 4.52. The minimum Gasteiger partial charge on any atom is -0.481 e. The summed E-state index contributed by atoms with van der Waals surface area (Å²) in [5, 5.41) is 8.79. The molecule has 1 aromatic rings. The van der Waals surface area contributed by atoms with E-state index in [1.807, 2.05) is 0 Å². The lowest BCUT2D eigenvalue weighted by Gasteiger charge is -2.10. The van der Waals surface area contributed by atoms with Crippen LogP contribution in [0.3, 0.4) is 0 Å². The lowest BCUT2D eigenvalue weighted by atomic mass is 10.00. The van der Waals surface area contributed by atoms with Crippen molar-refractivity contribution in [2.75, 3.05) is 6.54 Å². The molecule has 3 N–H and O–H groups in total. The summed E-state index contributed by atoms with van der Waals surface area (Å²) in [7, 11) is 0. The van der Waals surface area contributed by atoms with Gasteiger partial charge >= 0.3 is 5.97 Å².